The molecule has 0 bridgehead atoms. The Bertz CT molecular complexity index is 1620. The van der Waals surface area contributed by atoms with Crippen LogP contribution >= 0.6 is 11.3 Å². The highest BCUT2D eigenvalue weighted by Crippen LogP contribution is 2.45. The van der Waals surface area contributed by atoms with E-state index in [-0.39, 0.29) is 5.41 Å². The van der Waals surface area contributed by atoms with Gasteiger partial charge in [-0.25, -0.2) is 19.9 Å². The van der Waals surface area contributed by atoms with E-state index in [0.717, 1.165) is 70.5 Å². The molecule has 0 radical (unpaired) electrons. The number of hydrogen-bond donors (Lipinski definition) is 2. The first kappa shape index (κ1) is 22.7. The number of aromatic nitrogens is 6. The van der Waals surface area contributed by atoms with Gasteiger partial charge in [0.05, 0.1) is 28.1 Å². The van der Waals surface area contributed by atoms with E-state index in [1.165, 1.54) is 23.8 Å². The zero-order valence-electron chi connectivity index (χ0n) is 21.4. The number of nitrogens with one attached hydrogen (secondary N) is 2. The van der Waals surface area contributed by atoms with Crippen LogP contribution in [0.5, 0.6) is 0 Å². The smallest absolute Gasteiger partial charge is 0.163 e. The Morgan fingerprint density at radius 3 is 2.65 bits per heavy atom. The van der Waals surface area contributed by atoms with Crippen LogP contribution in [0.1, 0.15) is 50.1 Å². The van der Waals surface area contributed by atoms with Crippen LogP contribution in [-0.2, 0) is 5.41 Å². The van der Waals surface area contributed by atoms with Crippen LogP contribution in [0.15, 0.2) is 36.1 Å². The minimum atomic E-state index is 0.0189. The number of aromatic amines is 1. The van der Waals surface area contributed by atoms with E-state index >= 15 is 0 Å². The van der Waals surface area contributed by atoms with Crippen LogP contribution in [0.3, 0.4) is 0 Å². The van der Waals surface area contributed by atoms with E-state index in [9.17, 15) is 0 Å². The SMILES string of the molecule is CC(C)(C)c1nc(-c2cc3c(-c4nc(N5CCNCC5)c5c(C6CC6)cncc5n4)ccnc3[nH]2)cs1. The van der Waals surface area contributed by atoms with Crippen molar-refractivity contribution >= 4 is 39.1 Å². The van der Waals surface area contributed by atoms with E-state index in [0.29, 0.717) is 11.7 Å². The van der Waals surface area contributed by atoms with Gasteiger partial charge < -0.3 is 15.2 Å². The molecule has 2 N–H and O–H groups in total. The Morgan fingerprint density at radius 1 is 1.05 bits per heavy atom. The van der Waals surface area contributed by atoms with Crippen LogP contribution in [-0.4, -0.2) is 56.1 Å². The van der Waals surface area contributed by atoms with Gasteiger partial charge in [0, 0.05) is 65.7 Å². The summed E-state index contributed by atoms with van der Waals surface area (Å²) in [7, 11) is 0. The Labute approximate surface area is 219 Å². The van der Waals surface area contributed by atoms with Gasteiger partial charge in [-0.3, -0.25) is 4.98 Å². The minimum absolute atomic E-state index is 0.0189. The van der Waals surface area contributed by atoms with Crippen molar-refractivity contribution in [2.45, 2.75) is 44.9 Å². The molecule has 2 fully saturated rings. The molecule has 1 saturated carbocycles. The summed E-state index contributed by atoms with van der Waals surface area (Å²) in [5.41, 5.74) is 5.91. The van der Waals surface area contributed by atoms with Gasteiger partial charge in [0.25, 0.3) is 0 Å². The molecule has 0 aromatic carbocycles. The Balaban J connectivity index is 1.39. The van der Waals surface area contributed by atoms with E-state index in [1.54, 1.807) is 11.3 Å². The average molecular weight is 511 g/mol. The van der Waals surface area contributed by atoms with E-state index in [1.807, 2.05) is 24.7 Å². The third-order valence-corrected chi connectivity index (χ3v) is 8.51. The number of rotatable bonds is 4. The average Bonchev–Trinajstić information content (AvgIpc) is 3.44. The lowest BCUT2D eigenvalue weighted by Crippen LogP contribution is -2.44. The van der Waals surface area contributed by atoms with Crippen molar-refractivity contribution in [3.05, 3.63) is 46.7 Å². The summed E-state index contributed by atoms with van der Waals surface area (Å²) >= 11 is 1.70. The van der Waals surface area contributed by atoms with Crippen LogP contribution in [0.4, 0.5) is 5.82 Å². The third-order valence-electron chi connectivity index (χ3n) is 7.25. The molecular weight excluding hydrogens is 480 g/mol. The van der Waals surface area contributed by atoms with Gasteiger partial charge in [-0.05, 0) is 36.5 Å². The fourth-order valence-electron chi connectivity index (χ4n) is 5.12. The topological polar surface area (TPSA) is 95.5 Å². The summed E-state index contributed by atoms with van der Waals surface area (Å²) in [6.07, 6.45) is 8.18. The fourth-order valence-corrected chi connectivity index (χ4v) is 6.03. The number of fused-ring (bicyclic) bond motifs is 2. The normalized spacial score (nSPS) is 16.7. The number of hydrogen-bond acceptors (Lipinski definition) is 8. The lowest BCUT2D eigenvalue weighted by molar-refractivity contribution is 0.586. The molecule has 1 saturated heterocycles. The minimum Gasteiger partial charge on any atom is -0.353 e. The highest BCUT2D eigenvalue weighted by Gasteiger charge is 2.29. The van der Waals surface area contributed by atoms with Crippen molar-refractivity contribution in [3.63, 3.8) is 0 Å². The maximum Gasteiger partial charge on any atom is 0.163 e. The summed E-state index contributed by atoms with van der Waals surface area (Å²) in [6.45, 7) is 10.3. The fraction of sp³-hybridized carbons (Fsp3) is 0.393. The van der Waals surface area contributed by atoms with Gasteiger partial charge in [0.1, 0.15) is 11.5 Å². The quantitative estimate of drug-likeness (QED) is 0.340. The third kappa shape index (κ3) is 4.06. The molecule has 188 valence electrons. The van der Waals surface area contributed by atoms with E-state index < -0.39 is 0 Å². The van der Waals surface area contributed by atoms with Gasteiger partial charge in [0.2, 0.25) is 0 Å². The lowest BCUT2D eigenvalue weighted by Gasteiger charge is -2.30. The van der Waals surface area contributed by atoms with Crippen molar-refractivity contribution < 1.29 is 0 Å². The largest absolute Gasteiger partial charge is 0.353 e. The second-order valence-corrected chi connectivity index (χ2v) is 12.0. The van der Waals surface area contributed by atoms with E-state index in [2.05, 4.69) is 57.4 Å². The predicted molar refractivity (Wildman–Crippen MR) is 149 cm³/mol. The summed E-state index contributed by atoms with van der Waals surface area (Å²) in [5, 5.41) is 8.87. The number of anilines is 1. The van der Waals surface area contributed by atoms with Gasteiger partial charge >= 0.3 is 0 Å². The molecule has 0 amide bonds. The summed E-state index contributed by atoms with van der Waals surface area (Å²) in [6, 6.07) is 4.15. The second-order valence-electron chi connectivity index (χ2n) is 11.1. The maximum atomic E-state index is 5.24. The van der Waals surface area contributed by atoms with Crippen LogP contribution in [0.25, 0.3) is 44.7 Å². The molecule has 1 aliphatic heterocycles. The highest BCUT2D eigenvalue weighted by molar-refractivity contribution is 7.10. The summed E-state index contributed by atoms with van der Waals surface area (Å²) < 4.78 is 0. The first-order valence-electron chi connectivity index (χ1n) is 13.0. The molecule has 0 atom stereocenters. The van der Waals surface area contributed by atoms with Gasteiger partial charge in [-0.15, -0.1) is 11.3 Å². The molecule has 37 heavy (non-hydrogen) atoms. The van der Waals surface area contributed by atoms with Crippen molar-refractivity contribution in [1.29, 1.82) is 0 Å². The second kappa shape index (κ2) is 8.56. The molecule has 8 nitrogen and oxygen atoms in total. The first-order valence-corrected chi connectivity index (χ1v) is 13.9. The zero-order chi connectivity index (χ0) is 25.1. The number of H-pyrrole nitrogens is 1. The molecule has 2 aliphatic rings. The molecule has 0 unspecified atom stereocenters. The molecule has 0 spiro atoms. The van der Waals surface area contributed by atoms with Crippen molar-refractivity contribution in [2.75, 3.05) is 31.1 Å². The number of nitrogens with zero attached hydrogens (tertiary/aromatic N) is 6. The van der Waals surface area contributed by atoms with Crippen LogP contribution in [0, 0.1) is 0 Å². The lowest BCUT2D eigenvalue weighted by atomic mass is 9.98. The van der Waals surface area contributed by atoms with Gasteiger partial charge in [-0.2, -0.15) is 0 Å². The molecule has 1 aliphatic carbocycles. The Hall–Kier alpha value is -3.43. The molecule has 9 heteroatoms. The van der Waals surface area contributed by atoms with Gasteiger partial charge in [-0.1, -0.05) is 20.8 Å². The Morgan fingerprint density at radius 2 is 1.89 bits per heavy atom. The first-order chi connectivity index (χ1) is 18.0. The Kier molecular flexibility index (Phi) is 5.26. The predicted octanol–water partition coefficient (Wildman–Crippen LogP) is 5.28. The summed E-state index contributed by atoms with van der Waals surface area (Å²) in [5.74, 6) is 2.31. The highest BCUT2D eigenvalue weighted by atomic mass is 32.1. The summed E-state index contributed by atoms with van der Waals surface area (Å²) in [4.78, 5) is 30.3. The van der Waals surface area contributed by atoms with Crippen molar-refractivity contribution in [3.8, 4) is 22.8 Å². The molecule has 7 rings (SSSR count). The number of thiazole rings is 1. The maximum absolute atomic E-state index is 5.24. The standard InChI is InChI=1S/C28H30N8S/c1-28(2,3)27-34-22(15-37-27)20-12-18-17(6-7-31-24(18)32-20)25-33-21-14-30-13-19(16-4-5-16)23(21)26(35-25)36-10-8-29-9-11-36/h6-7,12-16,29H,4-5,8-11H2,1-3H3,(H,31,32). The number of pyridine rings is 2. The molecule has 6 heterocycles. The van der Waals surface area contributed by atoms with E-state index in [4.69, 9.17) is 15.0 Å². The van der Waals surface area contributed by atoms with Crippen LogP contribution in [0.2, 0.25) is 0 Å². The molecular formula is C28H30N8S. The van der Waals surface area contributed by atoms with Crippen LogP contribution < -0.4 is 10.2 Å². The number of piperazine rings is 1. The molecule has 5 aromatic heterocycles. The zero-order valence-corrected chi connectivity index (χ0v) is 22.2. The van der Waals surface area contributed by atoms with Crippen molar-refractivity contribution in [1.82, 2.24) is 35.2 Å². The van der Waals surface area contributed by atoms with Gasteiger partial charge in [0.15, 0.2) is 5.82 Å². The monoisotopic (exact) mass is 510 g/mol. The molecule has 5 aromatic rings. The van der Waals surface area contributed by atoms with Crippen molar-refractivity contribution in [2.24, 2.45) is 0 Å².